The maximum atomic E-state index is 5.72. The third-order valence-corrected chi connectivity index (χ3v) is 3.26. The van der Waals surface area contributed by atoms with Crippen molar-refractivity contribution in [2.24, 2.45) is 12.9 Å². The Labute approximate surface area is 111 Å². The van der Waals surface area contributed by atoms with E-state index >= 15 is 0 Å². The average molecular weight is 253 g/mol. The summed E-state index contributed by atoms with van der Waals surface area (Å²) in [5.41, 5.74) is 4.79. The molecule has 1 unspecified atom stereocenters. The van der Waals surface area contributed by atoms with Crippen molar-refractivity contribution in [3.8, 4) is 0 Å². The standard InChI is InChI=1S/C14H15N5/c1-19-9-8-17-14(19)13(18-15)11-6-2-4-10-5-3-7-16-12(10)11/h2-9,13,18H,15H2,1H3. The van der Waals surface area contributed by atoms with Gasteiger partial charge in [0.2, 0.25) is 0 Å². The minimum atomic E-state index is -0.182. The minimum Gasteiger partial charge on any atom is -0.336 e. The molecule has 96 valence electrons. The van der Waals surface area contributed by atoms with Gasteiger partial charge in [-0.2, -0.15) is 0 Å². The Hall–Kier alpha value is -2.24. The summed E-state index contributed by atoms with van der Waals surface area (Å²) >= 11 is 0. The van der Waals surface area contributed by atoms with E-state index in [-0.39, 0.29) is 6.04 Å². The average Bonchev–Trinajstić information content (AvgIpc) is 2.86. The second-order valence-corrected chi connectivity index (χ2v) is 4.42. The molecule has 3 rings (SSSR count). The summed E-state index contributed by atoms with van der Waals surface area (Å²) in [6.07, 6.45) is 5.45. The Bertz CT molecular complexity index is 698. The van der Waals surface area contributed by atoms with Gasteiger partial charge in [0, 0.05) is 36.6 Å². The molecular weight excluding hydrogens is 238 g/mol. The molecule has 0 saturated carbocycles. The minimum absolute atomic E-state index is 0.182. The van der Waals surface area contributed by atoms with Crippen LogP contribution < -0.4 is 11.3 Å². The van der Waals surface area contributed by atoms with Crippen LogP contribution in [0, 0.1) is 0 Å². The van der Waals surface area contributed by atoms with E-state index in [4.69, 9.17) is 5.84 Å². The van der Waals surface area contributed by atoms with Gasteiger partial charge in [-0.3, -0.25) is 10.8 Å². The molecule has 0 fully saturated rings. The van der Waals surface area contributed by atoms with Crippen LogP contribution in [0.4, 0.5) is 0 Å². The molecule has 0 radical (unpaired) electrons. The zero-order chi connectivity index (χ0) is 13.2. The molecule has 2 aromatic heterocycles. The number of rotatable bonds is 3. The highest BCUT2D eigenvalue weighted by Gasteiger charge is 2.19. The SMILES string of the molecule is Cn1ccnc1C(NN)c1cccc2cccnc12. The molecule has 0 spiro atoms. The summed E-state index contributed by atoms with van der Waals surface area (Å²) in [6.45, 7) is 0. The van der Waals surface area contributed by atoms with Gasteiger partial charge in [-0.25, -0.2) is 10.4 Å². The van der Waals surface area contributed by atoms with Crippen molar-refractivity contribution in [2.45, 2.75) is 6.04 Å². The maximum Gasteiger partial charge on any atom is 0.131 e. The molecule has 5 nitrogen and oxygen atoms in total. The maximum absolute atomic E-state index is 5.72. The first kappa shape index (κ1) is 11.8. The van der Waals surface area contributed by atoms with Gasteiger partial charge in [-0.05, 0) is 6.07 Å². The highest BCUT2D eigenvalue weighted by molar-refractivity contribution is 5.82. The van der Waals surface area contributed by atoms with Gasteiger partial charge < -0.3 is 4.57 Å². The molecule has 19 heavy (non-hydrogen) atoms. The van der Waals surface area contributed by atoms with E-state index < -0.39 is 0 Å². The molecule has 3 N–H and O–H groups in total. The van der Waals surface area contributed by atoms with E-state index in [1.807, 2.05) is 48.1 Å². The van der Waals surface area contributed by atoms with Crippen LogP contribution in [0.15, 0.2) is 48.9 Å². The number of para-hydroxylation sites is 1. The van der Waals surface area contributed by atoms with Crippen LogP contribution in [0.25, 0.3) is 10.9 Å². The number of aryl methyl sites for hydroxylation is 1. The quantitative estimate of drug-likeness (QED) is 0.548. The summed E-state index contributed by atoms with van der Waals surface area (Å²) in [6, 6.07) is 9.85. The van der Waals surface area contributed by atoms with Crippen molar-refractivity contribution >= 4 is 10.9 Å². The van der Waals surface area contributed by atoms with E-state index in [2.05, 4.69) is 15.4 Å². The third kappa shape index (κ3) is 1.99. The molecule has 0 aliphatic carbocycles. The van der Waals surface area contributed by atoms with Gasteiger partial charge in [0.1, 0.15) is 11.9 Å². The Morgan fingerprint density at radius 2 is 2.00 bits per heavy atom. The van der Waals surface area contributed by atoms with Gasteiger partial charge in [0.15, 0.2) is 0 Å². The number of hydrogen-bond donors (Lipinski definition) is 2. The summed E-state index contributed by atoms with van der Waals surface area (Å²) in [4.78, 5) is 8.82. The number of nitrogens with two attached hydrogens (primary N) is 1. The van der Waals surface area contributed by atoms with E-state index in [1.54, 1.807) is 12.4 Å². The molecule has 1 aromatic carbocycles. The van der Waals surface area contributed by atoms with Crippen molar-refractivity contribution in [1.82, 2.24) is 20.0 Å². The predicted octanol–water partition coefficient (Wildman–Crippen LogP) is 1.52. The smallest absolute Gasteiger partial charge is 0.131 e. The van der Waals surface area contributed by atoms with Gasteiger partial charge in [0.05, 0.1) is 5.52 Å². The molecule has 0 aliphatic rings. The third-order valence-electron chi connectivity index (χ3n) is 3.26. The molecule has 0 amide bonds. The fourth-order valence-corrected chi connectivity index (χ4v) is 2.32. The Morgan fingerprint density at radius 1 is 1.16 bits per heavy atom. The van der Waals surface area contributed by atoms with Crippen LogP contribution in [0.3, 0.4) is 0 Å². The molecule has 3 aromatic rings. The number of imidazole rings is 1. The Morgan fingerprint density at radius 3 is 2.74 bits per heavy atom. The monoisotopic (exact) mass is 253 g/mol. The predicted molar refractivity (Wildman–Crippen MR) is 74.1 cm³/mol. The lowest BCUT2D eigenvalue weighted by Gasteiger charge is -2.17. The molecule has 0 saturated heterocycles. The zero-order valence-electron chi connectivity index (χ0n) is 10.6. The summed E-state index contributed by atoms with van der Waals surface area (Å²) in [7, 11) is 1.95. The lowest BCUT2D eigenvalue weighted by Crippen LogP contribution is -2.31. The Kier molecular flexibility index (Phi) is 2.98. The van der Waals surface area contributed by atoms with Crippen LogP contribution in [0.2, 0.25) is 0 Å². The summed E-state index contributed by atoms with van der Waals surface area (Å²) in [5, 5.41) is 1.09. The normalized spacial score (nSPS) is 12.7. The van der Waals surface area contributed by atoms with Crippen molar-refractivity contribution in [3.63, 3.8) is 0 Å². The second kappa shape index (κ2) is 4.79. The van der Waals surface area contributed by atoms with Crippen LogP contribution in [0.5, 0.6) is 0 Å². The fraction of sp³-hybridized carbons (Fsp3) is 0.143. The van der Waals surface area contributed by atoms with Gasteiger partial charge in [-0.1, -0.05) is 24.3 Å². The van der Waals surface area contributed by atoms with Crippen LogP contribution in [0.1, 0.15) is 17.4 Å². The second-order valence-electron chi connectivity index (χ2n) is 4.42. The number of fused-ring (bicyclic) bond motifs is 1. The number of aromatic nitrogens is 3. The molecule has 0 bridgehead atoms. The molecule has 0 aliphatic heterocycles. The van der Waals surface area contributed by atoms with Crippen LogP contribution >= 0.6 is 0 Å². The van der Waals surface area contributed by atoms with Gasteiger partial charge >= 0.3 is 0 Å². The van der Waals surface area contributed by atoms with Gasteiger partial charge in [-0.15, -0.1) is 0 Å². The largest absolute Gasteiger partial charge is 0.336 e. The Balaban J connectivity index is 2.20. The lowest BCUT2D eigenvalue weighted by molar-refractivity contribution is 0.582. The van der Waals surface area contributed by atoms with E-state index in [1.165, 1.54) is 0 Å². The van der Waals surface area contributed by atoms with Crippen molar-refractivity contribution < 1.29 is 0 Å². The highest BCUT2D eigenvalue weighted by atomic mass is 15.3. The van der Waals surface area contributed by atoms with Gasteiger partial charge in [0.25, 0.3) is 0 Å². The van der Waals surface area contributed by atoms with Crippen molar-refractivity contribution in [3.05, 3.63) is 60.3 Å². The summed E-state index contributed by atoms with van der Waals surface area (Å²) in [5.74, 6) is 6.59. The first-order valence-electron chi connectivity index (χ1n) is 6.08. The summed E-state index contributed by atoms with van der Waals surface area (Å²) < 4.78 is 1.95. The van der Waals surface area contributed by atoms with Crippen LogP contribution in [-0.2, 0) is 7.05 Å². The molecule has 5 heteroatoms. The van der Waals surface area contributed by atoms with E-state index in [0.717, 1.165) is 22.3 Å². The first-order valence-corrected chi connectivity index (χ1v) is 6.08. The molecular formula is C14H15N5. The number of hydrazine groups is 1. The van der Waals surface area contributed by atoms with E-state index in [0.29, 0.717) is 0 Å². The first-order chi connectivity index (χ1) is 9.31. The number of benzene rings is 1. The lowest BCUT2D eigenvalue weighted by atomic mass is 10.0. The highest BCUT2D eigenvalue weighted by Crippen LogP contribution is 2.25. The van der Waals surface area contributed by atoms with Crippen LogP contribution in [-0.4, -0.2) is 14.5 Å². The number of pyridine rings is 1. The van der Waals surface area contributed by atoms with E-state index in [9.17, 15) is 0 Å². The fourth-order valence-electron chi connectivity index (χ4n) is 2.32. The topological polar surface area (TPSA) is 68.8 Å². The number of nitrogens with zero attached hydrogens (tertiary/aromatic N) is 3. The molecule has 1 atom stereocenters. The zero-order valence-corrected chi connectivity index (χ0v) is 10.6. The van der Waals surface area contributed by atoms with Crippen molar-refractivity contribution in [2.75, 3.05) is 0 Å². The number of hydrogen-bond acceptors (Lipinski definition) is 4. The number of nitrogens with one attached hydrogen (secondary N) is 1. The molecule has 2 heterocycles. The van der Waals surface area contributed by atoms with Crippen molar-refractivity contribution in [1.29, 1.82) is 0 Å².